The zero-order valence-corrected chi connectivity index (χ0v) is 25.7. The van der Waals surface area contributed by atoms with Gasteiger partial charge in [0, 0.05) is 48.8 Å². The maximum atomic E-state index is 15.4. The van der Waals surface area contributed by atoms with E-state index >= 15 is 4.57 Å². The first kappa shape index (κ1) is 25.7. The molecule has 1 aliphatic heterocycles. The highest BCUT2D eigenvalue weighted by Gasteiger charge is 2.40. The van der Waals surface area contributed by atoms with Crippen molar-refractivity contribution in [2.45, 2.75) is 0 Å². The molecule has 0 N–H and O–H groups in total. The number of hydrogen-bond donors (Lipinski definition) is 0. The molecule has 7 aromatic carbocycles. The largest absolute Gasteiger partial charge is 0.309 e. The van der Waals surface area contributed by atoms with E-state index in [1.165, 1.54) is 27.2 Å². The van der Waals surface area contributed by atoms with E-state index in [4.69, 9.17) is 0 Å². The second-order valence-corrected chi connectivity index (χ2v) is 14.8. The molecule has 0 radical (unpaired) electrons. The molecule has 216 valence electrons. The Balaban J connectivity index is 1.29. The minimum Gasteiger partial charge on any atom is -0.309 e. The van der Waals surface area contributed by atoms with Gasteiger partial charge in [0.05, 0.1) is 22.1 Å². The molecule has 10 rings (SSSR count). The molecular formula is C42H27N2OP. The van der Waals surface area contributed by atoms with Crippen LogP contribution in [-0.2, 0) is 4.57 Å². The summed E-state index contributed by atoms with van der Waals surface area (Å²) in [5, 5.41) is 7.48. The number of rotatable bonds is 3. The summed E-state index contributed by atoms with van der Waals surface area (Å²) in [4.78, 5) is 0. The Morgan fingerprint density at radius 2 is 0.935 bits per heavy atom. The van der Waals surface area contributed by atoms with Crippen LogP contribution < -0.4 is 15.9 Å². The Morgan fingerprint density at radius 3 is 1.67 bits per heavy atom. The SMILES string of the molecule is O=P1(c2ccccc2)c2ccccc2-c2cc3c4ccccc4n(-c4ccc5c(c4)c4ccccc4n5-c4ccccc4)c3cc21. The fraction of sp³-hybridized carbons (Fsp3) is 0. The molecule has 0 bridgehead atoms. The van der Waals surface area contributed by atoms with Crippen molar-refractivity contribution >= 4 is 66.7 Å². The molecule has 0 spiro atoms. The minimum absolute atomic E-state index is 0.873. The van der Waals surface area contributed by atoms with Crippen LogP contribution in [0.1, 0.15) is 0 Å². The molecule has 46 heavy (non-hydrogen) atoms. The Labute approximate surface area is 266 Å². The Kier molecular flexibility index (Phi) is 5.27. The predicted molar refractivity (Wildman–Crippen MR) is 194 cm³/mol. The van der Waals surface area contributed by atoms with Crippen LogP contribution in [0.15, 0.2) is 164 Å². The topological polar surface area (TPSA) is 26.9 Å². The molecule has 0 saturated carbocycles. The van der Waals surface area contributed by atoms with E-state index in [0.29, 0.717) is 0 Å². The summed E-state index contributed by atoms with van der Waals surface area (Å²) >= 11 is 0. The van der Waals surface area contributed by atoms with E-state index < -0.39 is 7.14 Å². The van der Waals surface area contributed by atoms with Crippen molar-refractivity contribution in [1.29, 1.82) is 0 Å². The zero-order valence-electron chi connectivity index (χ0n) is 24.8. The Bertz CT molecular complexity index is 2720. The first-order valence-corrected chi connectivity index (χ1v) is 17.3. The van der Waals surface area contributed by atoms with E-state index in [1.807, 2.05) is 36.4 Å². The van der Waals surface area contributed by atoms with Crippen LogP contribution in [0.25, 0.3) is 66.1 Å². The third-order valence-electron chi connectivity index (χ3n) is 9.71. The standard InChI is InChI=1S/C42H27N2OP/c45-46(30-15-5-2-6-16-30)41-22-12-9-19-33(41)36-26-35-32-18-8-11-21-38(32)44(40(35)27-42(36)46)29-23-24-39-34(25-29)31-17-7-10-20-37(31)43(39)28-13-3-1-4-14-28/h1-27H. The molecule has 1 atom stereocenters. The monoisotopic (exact) mass is 606 g/mol. The van der Waals surface area contributed by atoms with Gasteiger partial charge in [-0.25, -0.2) is 0 Å². The van der Waals surface area contributed by atoms with Crippen LogP contribution >= 0.6 is 7.14 Å². The Hall–Kier alpha value is -5.63. The third kappa shape index (κ3) is 3.36. The predicted octanol–water partition coefficient (Wildman–Crippen LogP) is 9.50. The molecular weight excluding hydrogens is 579 g/mol. The van der Waals surface area contributed by atoms with Gasteiger partial charge in [0.25, 0.3) is 0 Å². The van der Waals surface area contributed by atoms with Crippen LogP contribution in [-0.4, -0.2) is 9.13 Å². The van der Waals surface area contributed by atoms with Crippen molar-refractivity contribution in [2.24, 2.45) is 0 Å². The van der Waals surface area contributed by atoms with Crippen molar-refractivity contribution in [2.75, 3.05) is 0 Å². The van der Waals surface area contributed by atoms with Gasteiger partial charge < -0.3 is 13.7 Å². The van der Waals surface area contributed by atoms with Crippen molar-refractivity contribution in [3.8, 4) is 22.5 Å². The normalized spacial score (nSPS) is 15.6. The summed E-state index contributed by atoms with van der Waals surface area (Å²) in [7, 11) is -3.08. The fourth-order valence-electron chi connectivity index (χ4n) is 7.74. The molecule has 4 heteroatoms. The second-order valence-electron chi connectivity index (χ2n) is 12.1. The lowest BCUT2D eigenvalue weighted by molar-refractivity contribution is 0.593. The van der Waals surface area contributed by atoms with Gasteiger partial charge in [0.2, 0.25) is 0 Å². The van der Waals surface area contributed by atoms with Crippen molar-refractivity contribution < 1.29 is 4.57 Å². The number of benzene rings is 7. The third-order valence-corrected chi connectivity index (χ3v) is 12.9. The lowest BCUT2D eigenvalue weighted by atomic mass is 10.0. The molecule has 3 nitrogen and oxygen atoms in total. The van der Waals surface area contributed by atoms with Gasteiger partial charge in [-0.3, -0.25) is 0 Å². The van der Waals surface area contributed by atoms with Crippen molar-refractivity contribution in [1.82, 2.24) is 9.13 Å². The van der Waals surface area contributed by atoms with E-state index in [9.17, 15) is 0 Å². The number of fused-ring (bicyclic) bond motifs is 9. The maximum Gasteiger partial charge on any atom is 0.172 e. The molecule has 9 aromatic rings. The first-order valence-electron chi connectivity index (χ1n) is 15.6. The van der Waals surface area contributed by atoms with E-state index in [0.717, 1.165) is 54.8 Å². The average molecular weight is 607 g/mol. The van der Waals surface area contributed by atoms with Crippen LogP contribution in [0.3, 0.4) is 0 Å². The van der Waals surface area contributed by atoms with Gasteiger partial charge in [-0.05, 0) is 65.7 Å². The summed E-state index contributed by atoms with van der Waals surface area (Å²) in [6.07, 6.45) is 0. The van der Waals surface area contributed by atoms with Gasteiger partial charge in [-0.15, -0.1) is 0 Å². The highest BCUT2D eigenvalue weighted by atomic mass is 31.2. The summed E-state index contributed by atoms with van der Waals surface area (Å²) < 4.78 is 20.1. The molecule has 0 saturated heterocycles. The number of para-hydroxylation sites is 3. The minimum atomic E-state index is -3.08. The van der Waals surface area contributed by atoms with Crippen molar-refractivity contribution in [3.05, 3.63) is 164 Å². The molecule has 0 amide bonds. The van der Waals surface area contributed by atoms with Gasteiger partial charge in [0.1, 0.15) is 0 Å². The average Bonchev–Trinajstić information content (AvgIpc) is 3.72. The maximum absolute atomic E-state index is 15.4. The smallest absolute Gasteiger partial charge is 0.172 e. The fourth-order valence-corrected chi connectivity index (χ4v) is 10.8. The van der Waals surface area contributed by atoms with Crippen molar-refractivity contribution in [3.63, 3.8) is 0 Å². The van der Waals surface area contributed by atoms with E-state index in [1.54, 1.807) is 0 Å². The molecule has 2 aromatic heterocycles. The van der Waals surface area contributed by atoms with Gasteiger partial charge in [-0.1, -0.05) is 109 Å². The zero-order chi connectivity index (χ0) is 30.4. The van der Waals surface area contributed by atoms with Crippen LogP contribution in [0.5, 0.6) is 0 Å². The Morgan fingerprint density at radius 1 is 0.370 bits per heavy atom. The van der Waals surface area contributed by atoms with Crippen LogP contribution in [0.2, 0.25) is 0 Å². The quantitative estimate of drug-likeness (QED) is 0.184. The van der Waals surface area contributed by atoms with Gasteiger partial charge >= 0.3 is 0 Å². The lowest BCUT2D eigenvalue weighted by Gasteiger charge is -2.16. The molecule has 0 aliphatic carbocycles. The number of nitrogens with zero attached hydrogens (tertiary/aromatic N) is 2. The molecule has 0 fully saturated rings. The lowest BCUT2D eigenvalue weighted by Crippen LogP contribution is -2.20. The highest BCUT2D eigenvalue weighted by molar-refractivity contribution is 7.86. The summed E-state index contributed by atoms with van der Waals surface area (Å²) in [6, 6.07) is 57.4. The first-order chi connectivity index (χ1) is 22.7. The molecule has 1 aliphatic rings. The number of aromatic nitrogens is 2. The number of hydrogen-bond acceptors (Lipinski definition) is 1. The highest BCUT2D eigenvalue weighted by Crippen LogP contribution is 2.53. The second kappa shape index (κ2) is 9.44. The van der Waals surface area contributed by atoms with Crippen LogP contribution in [0.4, 0.5) is 0 Å². The van der Waals surface area contributed by atoms with E-state index in [-0.39, 0.29) is 0 Å². The van der Waals surface area contributed by atoms with Gasteiger partial charge in [0.15, 0.2) is 7.14 Å². The summed E-state index contributed by atoms with van der Waals surface area (Å²) in [6.45, 7) is 0. The molecule has 1 unspecified atom stereocenters. The molecule has 3 heterocycles. The van der Waals surface area contributed by atoms with Gasteiger partial charge in [-0.2, -0.15) is 0 Å². The summed E-state index contributed by atoms with van der Waals surface area (Å²) in [5.74, 6) is 0. The summed E-state index contributed by atoms with van der Waals surface area (Å²) in [5.41, 5.74) is 8.91. The van der Waals surface area contributed by atoms with Crippen LogP contribution in [0, 0.1) is 0 Å². The van der Waals surface area contributed by atoms with E-state index in [2.05, 4.69) is 137 Å².